The van der Waals surface area contributed by atoms with Crippen LogP contribution in [0.4, 0.5) is 10.2 Å². The first kappa shape index (κ1) is 21.0. The van der Waals surface area contributed by atoms with Crippen LogP contribution in [-0.2, 0) is 13.0 Å². The molecule has 2 aromatic heterocycles. The predicted octanol–water partition coefficient (Wildman–Crippen LogP) is 2.90. The molecule has 4 rings (SSSR count). The lowest BCUT2D eigenvalue weighted by atomic mass is 10.1. The summed E-state index contributed by atoms with van der Waals surface area (Å²) in [5, 5.41) is 3.39. The van der Waals surface area contributed by atoms with Crippen LogP contribution in [0.5, 0.6) is 11.5 Å². The van der Waals surface area contributed by atoms with E-state index in [9.17, 15) is 4.39 Å². The van der Waals surface area contributed by atoms with Crippen molar-refractivity contribution in [1.82, 2.24) is 24.8 Å². The van der Waals surface area contributed by atoms with Crippen molar-refractivity contribution >= 4 is 39.6 Å². The van der Waals surface area contributed by atoms with Crippen LogP contribution >= 0.6 is 22.6 Å². The van der Waals surface area contributed by atoms with Crippen molar-refractivity contribution in [2.75, 3.05) is 25.5 Å². The number of rotatable bonds is 7. The zero-order valence-electron chi connectivity index (χ0n) is 16.9. The van der Waals surface area contributed by atoms with Gasteiger partial charge in [-0.3, -0.25) is 0 Å². The number of nitrogen functional groups attached to an aromatic ring is 1. The fourth-order valence-corrected chi connectivity index (χ4v) is 4.08. The zero-order chi connectivity index (χ0) is 21.3. The minimum atomic E-state index is -0.845. The highest BCUT2D eigenvalue weighted by atomic mass is 131. The Morgan fingerprint density at radius 2 is 1.93 bits per heavy atom. The molecule has 1 aromatic carbocycles. The Hall–Kier alpha value is -2.21. The quantitative estimate of drug-likeness (QED) is 0.275. The van der Waals surface area contributed by atoms with E-state index in [4.69, 9.17) is 15.2 Å². The van der Waals surface area contributed by atoms with Gasteiger partial charge in [-0.05, 0) is 53.3 Å². The van der Waals surface area contributed by atoms with Gasteiger partial charge in [0, 0.05) is 22.6 Å². The van der Waals surface area contributed by atoms with E-state index in [2.05, 4.69) is 56.7 Å². The van der Waals surface area contributed by atoms with Gasteiger partial charge in [0.15, 0.2) is 28.5 Å². The average Bonchev–Trinajstić information content (AvgIpc) is 3.03. The van der Waals surface area contributed by atoms with Crippen LogP contribution in [0.25, 0.3) is 11.2 Å². The van der Waals surface area contributed by atoms with Gasteiger partial charge in [-0.1, -0.05) is 13.8 Å². The second-order valence-corrected chi connectivity index (χ2v) is 8.62. The van der Waals surface area contributed by atoms with E-state index in [1.807, 2.05) is 16.7 Å². The van der Waals surface area contributed by atoms with Crippen molar-refractivity contribution in [3.05, 3.63) is 33.2 Å². The highest BCUT2D eigenvalue weighted by Gasteiger charge is 2.20. The first-order chi connectivity index (χ1) is 14.4. The highest BCUT2D eigenvalue weighted by molar-refractivity contribution is 14.1. The normalized spacial score (nSPS) is 13.4. The van der Waals surface area contributed by atoms with Crippen LogP contribution in [0.1, 0.15) is 31.7 Å². The summed E-state index contributed by atoms with van der Waals surface area (Å²) >= 11 is 2.28. The number of anilines is 1. The first-order valence-electron chi connectivity index (χ1n) is 9.92. The molecule has 0 unspecified atom stereocenters. The molecular weight excluding hydrogens is 506 g/mol. The Morgan fingerprint density at radius 1 is 1.20 bits per heavy atom. The van der Waals surface area contributed by atoms with Gasteiger partial charge in [-0.15, -0.1) is 0 Å². The molecule has 0 radical (unpaired) electrons. The molecule has 0 amide bonds. The van der Waals surface area contributed by atoms with Crippen LogP contribution in [0, 0.1) is 9.65 Å². The molecule has 0 aliphatic carbocycles. The predicted molar refractivity (Wildman–Crippen MR) is 120 cm³/mol. The van der Waals surface area contributed by atoms with E-state index in [-0.39, 0.29) is 5.82 Å². The lowest BCUT2D eigenvalue weighted by molar-refractivity contribution is 0.171. The maximum absolute atomic E-state index is 13.9. The molecule has 0 bridgehead atoms. The first-order valence-corrected chi connectivity index (χ1v) is 11.0. The van der Waals surface area contributed by atoms with E-state index in [0.717, 1.165) is 39.4 Å². The summed E-state index contributed by atoms with van der Waals surface area (Å²) in [5.41, 5.74) is 7.83. The minimum absolute atomic E-state index is 0.0506. The number of nitrogens with one attached hydrogen (secondary N) is 1. The molecular formula is C20H24FIN6O2. The van der Waals surface area contributed by atoms with Crippen molar-refractivity contribution in [3.8, 4) is 11.5 Å². The summed E-state index contributed by atoms with van der Waals surface area (Å²) in [4.78, 5) is 12.3. The van der Waals surface area contributed by atoms with Gasteiger partial charge in [0.05, 0.1) is 0 Å². The number of halogens is 2. The third-order valence-corrected chi connectivity index (χ3v) is 5.85. The van der Waals surface area contributed by atoms with E-state index >= 15 is 0 Å². The molecule has 1 aliphatic rings. The van der Waals surface area contributed by atoms with Gasteiger partial charge in [-0.2, -0.15) is 14.4 Å². The van der Waals surface area contributed by atoms with Crippen LogP contribution in [-0.4, -0.2) is 45.3 Å². The summed E-state index contributed by atoms with van der Waals surface area (Å²) < 4.78 is 28.2. The second kappa shape index (κ2) is 8.88. The van der Waals surface area contributed by atoms with Crippen LogP contribution in [0.15, 0.2) is 12.1 Å². The van der Waals surface area contributed by atoms with Gasteiger partial charge in [0.1, 0.15) is 19.0 Å². The molecule has 0 saturated heterocycles. The smallest absolute Gasteiger partial charge is 0.312 e. The maximum atomic E-state index is 13.9. The van der Waals surface area contributed by atoms with Gasteiger partial charge in [0.25, 0.3) is 0 Å². The molecule has 1 aliphatic heterocycles. The number of imidazole rings is 1. The SMILES string of the molecule is CC(C)NCCCn1c(Cc2cc3c(cc2[131I])OCCO3)nc2c(N)nc(F)nc21. The van der Waals surface area contributed by atoms with Crippen molar-refractivity contribution in [1.29, 1.82) is 0 Å². The number of fused-ring (bicyclic) bond motifs is 2. The summed E-state index contributed by atoms with van der Waals surface area (Å²) in [7, 11) is 0. The fraction of sp³-hybridized carbons (Fsp3) is 0.450. The molecule has 0 fully saturated rings. The van der Waals surface area contributed by atoms with Gasteiger partial charge < -0.3 is 25.1 Å². The van der Waals surface area contributed by atoms with Gasteiger partial charge in [-0.25, -0.2) is 4.98 Å². The Balaban J connectivity index is 1.69. The van der Waals surface area contributed by atoms with Crippen LogP contribution < -0.4 is 20.5 Å². The minimum Gasteiger partial charge on any atom is -0.486 e. The highest BCUT2D eigenvalue weighted by Crippen LogP contribution is 2.35. The second-order valence-electron chi connectivity index (χ2n) is 7.46. The number of nitrogens with zero attached hydrogens (tertiary/aromatic N) is 4. The number of benzene rings is 1. The molecule has 160 valence electrons. The summed E-state index contributed by atoms with van der Waals surface area (Å²) in [6.45, 7) is 6.76. The molecule has 0 spiro atoms. The molecule has 0 atom stereocenters. The standard InChI is InChI=1S/C20H24FIN6O2/c1-11(2)24-4-3-5-28-16(25-17-18(23)26-20(21)27-19(17)28)9-12-8-14-15(10-13(12)22)30-7-6-29-14/h8,10-11,24H,3-7,9H2,1-2H3,(H2,23,26,27)/i22+4. The summed E-state index contributed by atoms with van der Waals surface area (Å²) in [6.07, 6.45) is 0.534. The molecule has 3 N–H and O–H groups in total. The number of hydrogen-bond acceptors (Lipinski definition) is 7. The van der Waals surface area contributed by atoms with Crippen LogP contribution in [0.3, 0.4) is 0 Å². The number of aromatic nitrogens is 4. The largest absolute Gasteiger partial charge is 0.486 e. The Labute approximate surface area is 187 Å². The molecule has 8 nitrogen and oxygen atoms in total. The molecule has 10 heteroatoms. The number of hydrogen-bond donors (Lipinski definition) is 2. The van der Waals surface area contributed by atoms with E-state index in [1.54, 1.807) is 0 Å². The monoisotopic (exact) mass is 530 g/mol. The maximum Gasteiger partial charge on any atom is 0.312 e. The Morgan fingerprint density at radius 3 is 2.67 bits per heavy atom. The van der Waals surface area contributed by atoms with E-state index in [0.29, 0.717) is 43.4 Å². The van der Waals surface area contributed by atoms with Crippen molar-refractivity contribution in [2.45, 2.75) is 39.3 Å². The summed E-state index contributed by atoms with van der Waals surface area (Å²) in [5.74, 6) is 2.29. The fourth-order valence-electron chi connectivity index (χ4n) is 3.45. The molecule has 3 aromatic rings. The lowest BCUT2D eigenvalue weighted by Crippen LogP contribution is -2.24. The number of ether oxygens (including phenoxy) is 2. The molecule has 3 heterocycles. The molecule has 30 heavy (non-hydrogen) atoms. The van der Waals surface area contributed by atoms with Crippen molar-refractivity contribution in [3.63, 3.8) is 0 Å². The Kier molecular flexibility index (Phi) is 6.23. The average molecular weight is 530 g/mol. The number of aryl methyl sites for hydroxylation is 1. The zero-order valence-corrected chi connectivity index (χ0v) is 19.1. The third-order valence-electron chi connectivity index (χ3n) is 4.84. The topological polar surface area (TPSA) is 100 Å². The third kappa shape index (κ3) is 4.43. The van der Waals surface area contributed by atoms with Gasteiger partial charge in [0.2, 0.25) is 0 Å². The molecule has 0 saturated carbocycles. The van der Waals surface area contributed by atoms with Crippen molar-refractivity contribution in [2.24, 2.45) is 0 Å². The summed E-state index contributed by atoms with van der Waals surface area (Å²) in [6, 6.07) is 4.35. The van der Waals surface area contributed by atoms with E-state index in [1.165, 1.54) is 0 Å². The van der Waals surface area contributed by atoms with Crippen LogP contribution in [0.2, 0.25) is 0 Å². The Bertz CT molecular complexity index is 1070. The number of nitrogens with two attached hydrogens (primary N) is 1. The lowest BCUT2D eigenvalue weighted by Gasteiger charge is -2.20. The van der Waals surface area contributed by atoms with E-state index < -0.39 is 6.08 Å². The van der Waals surface area contributed by atoms with Gasteiger partial charge >= 0.3 is 6.08 Å². The van der Waals surface area contributed by atoms with Crippen molar-refractivity contribution < 1.29 is 13.9 Å².